The molecule has 0 spiro atoms. The second-order valence-electron chi connectivity index (χ2n) is 3.32. The van der Waals surface area contributed by atoms with Crippen molar-refractivity contribution in [3.63, 3.8) is 0 Å². The Morgan fingerprint density at radius 1 is 1.71 bits per heavy atom. The number of halogens is 1. The summed E-state index contributed by atoms with van der Waals surface area (Å²) in [6.07, 6.45) is 11.7. The largest absolute Gasteiger partial charge is 0.382 e. The molecule has 0 amide bonds. The van der Waals surface area contributed by atoms with E-state index in [4.69, 9.17) is 6.42 Å². The van der Waals surface area contributed by atoms with Crippen LogP contribution in [0.15, 0.2) is 27.6 Å². The smallest absolute Gasteiger partial charge is 0.284 e. The fourth-order valence-corrected chi connectivity index (χ4v) is 1.69. The van der Waals surface area contributed by atoms with Crippen LogP contribution in [-0.4, -0.2) is 16.3 Å². The van der Waals surface area contributed by atoms with Gasteiger partial charge in [-0.05, 0) is 29.3 Å². The van der Waals surface area contributed by atoms with Crippen molar-refractivity contribution in [3.8, 4) is 12.3 Å². The molecule has 1 aromatic heterocycles. The Morgan fingerprint density at radius 2 is 2.47 bits per heavy atom. The molecule has 0 saturated carbocycles. The van der Waals surface area contributed by atoms with Gasteiger partial charge in [-0.1, -0.05) is 18.1 Å². The van der Waals surface area contributed by atoms with E-state index in [-0.39, 0.29) is 12.1 Å². The first-order chi connectivity index (χ1) is 8.20. The normalized spacial score (nSPS) is 10.4. The Bertz CT molecular complexity index is 499. The van der Waals surface area contributed by atoms with Crippen LogP contribution in [0.2, 0.25) is 0 Å². The maximum absolute atomic E-state index is 11.8. The van der Waals surface area contributed by atoms with Gasteiger partial charge >= 0.3 is 0 Å². The van der Waals surface area contributed by atoms with Crippen molar-refractivity contribution in [1.29, 1.82) is 0 Å². The number of allylic oxidation sites excluding steroid dienone is 1. The third-order valence-corrected chi connectivity index (χ3v) is 2.85. The fraction of sp³-hybridized carbons (Fsp3) is 0.333. The Kier molecular flexibility index (Phi) is 5.50. The molecule has 1 heterocycles. The van der Waals surface area contributed by atoms with Crippen LogP contribution in [0.3, 0.4) is 0 Å². The summed E-state index contributed by atoms with van der Waals surface area (Å²) in [5, 5.41) is 7.11. The average Bonchev–Trinajstić information content (AvgIpc) is 2.33. The van der Waals surface area contributed by atoms with Crippen LogP contribution in [0.1, 0.15) is 13.3 Å². The first-order valence-corrected chi connectivity index (χ1v) is 6.04. The molecule has 1 rings (SSSR count). The molecule has 0 fully saturated rings. The van der Waals surface area contributed by atoms with Crippen LogP contribution >= 0.6 is 15.9 Å². The van der Waals surface area contributed by atoms with E-state index in [1.165, 1.54) is 4.68 Å². The molecule has 5 heteroatoms. The lowest BCUT2D eigenvalue weighted by atomic mass is 10.3. The monoisotopic (exact) mass is 295 g/mol. The lowest BCUT2D eigenvalue weighted by molar-refractivity contribution is 0.659. The number of hydrogen-bond donors (Lipinski definition) is 1. The third kappa shape index (κ3) is 3.75. The Balaban J connectivity index is 2.79. The first-order valence-electron chi connectivity index (χ1n) is 5.24. The number of aromatic nitrogens is 2. The zero-order valence-corrected chi connectivity index (χ0v) is 11.2. The molecule has 0 saturated heterocycles. The standard InChI is InChI=1S/C12H14BrN3O/c1-3-5-6-7-14-10-9-15-16(8-4-2)12(17)11(10)13/h2-3,5,9,14H,6-8H2,1H3/b5-3+. The van der Waals surface area contributed by atoms with Gasteiger partial charge in [-0.3, -0.25) is 4.79 Å². The van der Waals surface area contributed by atoms with Crippen molar-refractivity contribution in [2.24, 2.45) is 0 Å². The van der Waals surface area contributed by atoms with Crippen molar-refractivity contribution in [1.82, 2.24) is 9.78 Å². The summed E-state index contributed by atoms with van der Waals surface area (Å²) in [4.78, 5) is 11.8. The van der Waals surface area contributed by atoms with Crippen LogP contribution in [0.4, 0.5) is 5.69 Å². The third-order valence-electron chi connectivity index (χ3n) is 2.09. The molecule has 1 aromatic rings. The molecule has 1 N–H and O–H groups in total. The Hall–Kier alpha value is -1.54. The van der Waals surface area contributed by atoms with Crippen molar-refractivity contribution in [2.45, 2.75) is 19.9 Å². The van der Waals surface area contributed by atoms with Gasteiger partial charge in [0, 0.05) is 6.54 Å². The highest BCUT2D eigenvalue weighted by molar-refractivity contribution is 9.10. The number of nitrogens with zero attached hydrogens (tertiary/aromatic N) is 2. The van der Waals surface area contributed by atoms with Gasteiger partial charge in [0.2, 0.25) is 0 Å². The molecule has 0 radical (unpaired) electrons. The number of nitrogens with one attached hydrogen (secondary N) is 1. The van der Waals surface area contributed by atoms with E-state index in [1.54, 1.807) is 6.20 Å². The topological polar surface area (TPSA) is 46.9 Å². The highest BCUT2D eigenvalue weighted by Crippen LogP contribution is 2.15. The molecule has 0 aromatic carbocycles. The highest BCUT2D eigenvalue weighted by Gasteiger charge is 2.07. The molecule has 0 atom stereocenters. The summed E-state index contributed by atoms with van der Waals surface area (Å²) < 4.78 is 1.70. The van der Waals surface area contributed by atoms with E-state index in [1.807, 2.05) is 19.1 Å². The minimum Gasteiger partial charge on any atom is -0.382 e. The van der Waals surface area contributed by atoms with E-state index < -0.39 is 0 Å². The summed E-state index contributed by atoms with van der Waals surface area (Å²) in [5.41, 5.74) is 0.465. The quantitative estimate of drug-likeness (QED) is 0.514. The van der Waals surface area contributed by atoms with E-state index in [2.05, 4.69) is 32.3 Å². The van der Waals surface area contributed by atoms with Crippen LogP contribution in [-0.2, 0) is 6.54 Å². The maximum atomic E-state index is 11.8. The lowest BCUT2D eigenvalue weighted by Crippen LogP contribution is -2.24. The maximum Gasteiger partial charge on any atom is 0.284 e. The molecular formula is C12H14BrN3O. The summed E-state index contributed by atoms with van der Waals surface area (Å²) in [6.45, 7) is 2.90. The number of hydrogen-bond acceptors (Lipinski definition) is 3. The molecule has 90 valence electrons. The molecule has 0 aliphatic rings. The van der Waals surface area contributed by atoms with E-state index >= 15 is 0 Å². The fourth-order valence-electron chi connectivity index (χ4n) is 1.24. The van der Waals surface area contributed by atoms with Crippen molar-refractivity contribution < 1.29 is 0 Å². The van der Waals surface area contributed by atoms with Crippen LogP contribution in [0, 0.1) is 12.3 Å². The zero-order valence-electron chi connectivity index (χ0n) is 9.61. The van der Waals surface area contributed by atoms with Crippen LogP contribution in [0.5, 0.6) is 0 Å². The number of rotatable bonds is 5. The minimum absolute atomic E-state index is 0.177. The first kappa shape index (κ1) is 13.5. The summed E-state index contributed by atoms with van der Waals surface area (Å²) in [6, 6.07) is 0. The van der Waals surface area contributed by atoms with Crippen molar-refractivity contribution >= 4 is 21.6 Å². The molecule has 0 unspecified atom stereocenters. The highest BCUT2D eigenvalue weighted by atomic mass is 79.9. The summed E-state index contributed by atoms with van der Waals surface area (Å²) >= 11 is 3.25. The molecule has 17 heavy (non-hydrogen) atoms. The summed E-state index contributed by atoms with van der Waals surface area (Å²) in [5.74, 6) is 2.38. The van der Waals surface area contributed by atoms with Gasteiger partial charge in [0.05, 0.1) is 11.9 Å². The second-order valence-corrected chi connectivity index (χ2v) is 4.12. The second kappa shape index (κ2) is 6.92. The Labute approximate surface area is 109 Å². The predicted octanol–water partition coefficient (Wildman–Crippen LogP) is 2.02. The predicted molar refractivity (Wildman–Crippen MR) is 73.0 cm³/mol. The van der Waals surface area contributed by atoms with Crippen molar-refractivity contribution in [3.05, 3.63) is 33.2 Å². The van der Waals surface area contributed by atoms with Gasteiger partial charge in [0.15, 0.2) is 0 Å². The van der Waals surface area contributed by atoms with E-state index in [0.717, 1.165) is 13.0 Å². The zero-order chi connectivity index (χ0) is 12.7. The van der Waals surface area contributed by atoms with Gasteiger partial charge in [-0.2, -0.15) is 5.10 Å². The molecular weight excluding hydrogens is 282 g/mol. The van der Waals surface area contributed by atoms with Gasteiger partial charge in [-0.25, -0.2) is 4.68 Å². The molecule has 0 bridgehead atoms. The Morgan fingerprint density at radius 3 is 3.12 bits per heavy atom. The van der Waals surface area contributed by atoms with E-state index in [9.17, 15) is 4.79 Å². The lowest BCUT2D eigenvalue weighted by Gasteiger charge is -2.08. The SMILES string of the molecule is C#CCn1ncc(NCC/C=C/C)c(Br)c1=O. The van der Waals surface area contributed by atoms with Crippen LogP contribution < -0.4 is 10.9 Å². The van der Waals surface area contributed by atoms with Gasteiger partial charge in [-0.15, -0.1) is 6.42 Å². The van der Waals surface area contributed by atoms with Crippen LogP contribution in [0.25, 0.3) is 0 Å². The minimum atomic E-state index is -0.223. The van der Waals surface area contributed by atoms with Gasteiger partial charge in [0.25, 0.3) is 5.56 Å². The number of anilines is 1. The number of terminal acetylenes is 1. The van der Waals surface area contributed by atoms with E-state index in [0.29, 0.717) is 10.2 Å². The average molecular weight is 296 g/mol. The van der Waals surface area contributed by atoms with Gasteiger partial charge in [0.1, 0.15) is 11.0 Å². The summed E-state index contributed by atoms with van der Waals surface area (Å²) in [7, 11) is 0. The molecule has 0 aliphatic heterocycles. The molecule has 4 nitrogen and oxygen atoms in total. The molecule has 0 aliphatic carbocycles. The van der Waals surface area contributed by atoms with Crippen molar-refractivity contribution in [2.75, 3.05) is 11.9 Å². The van der Waals surface area contributed by atoms with Gasteiger partial charge < -0.3 is 5.32 Å².